The molecule has 0 radical (unpaired) electrons. The van der Waals surface area contributed by atoms with E-state index in [-0.39, 0.29) is 18.1 Å². The fourth-order valence-electron chi connectivity index (χ4n) is 3.90. The van der Waals surface area contributed by atoms with Crippen molar-refractivity contribution in [1.29, 1.82) is 0 Å². The Labute approximate surface area is 184 Å². The predicted molar refractivity (Wildman–Crippen MR) is 119 cm³/mol. The summed E-state index contributed by atoms with van der Waals surface area (Å²) in [7, 11) is 0. The van der Waals surface area contributed by atoms with Gasteiger partial charge in [-0.2, -0.15) is 0 Å². The molecule has 7 nitrogen and oxygen atoms in total. The van der Waals surface area contributed by atoms with Gasteiger partial charge < -0.3 is 10.1 Å². The van der Waals surface area contributed by atoms with Crippen molar-refractivity contribution in [2.45, 2.75) is 19.9 Å². The maximum atomic E-state index is 13.6. The topological polar surface area (TPSA) is 89.8 Å². The van der Waals surface area contributed by atoms with Gasteiger partial charge in [-0.3, -0.25) is 14.2 Å². The molecule has 0 bridgehead atoms. The number of rotatable bonds is 3. The lowest BCUT2D eigenvalue weighted by Gasteiger charge is -2.23. The molecular formula is C22H17N3O4S2. The number of fused-ring (bicyclic) bond motifs is 2. The molecule has 1 amide bonds. The summed E-state index contributed by atoms with van der Waals surface area (Å²) in [6, 6.07) is 10.4. The van der Waals surface area contributed by atoms with Crippen LogP contribution in [0.1, 0.15) is 30.3 Å². The van der Waals surface area contributed by atoms with E-state index >= 15 is 0 Å². The van der Waals surface area contributed by atoms with Gasteiger partial charge in [-0.15, -0.1) is 11.3 Å². The second-order valence-corrected chi connectivity index (χ2v) is 8.97. The van der Waals surface area contributed by atoms with E-state index in [1.807, 2.05) is 35.7 Å². The summed E-state index contributed by atoms with van der Waals surface area (Å²) in [5, 5.41) is 4.71. The summed E-state index contributed by atoms with van der Waals surface area (Å²) in [6.07, 6.45) is 0. The molecule has 1 atom stereocenters. The molecule has 31 heavy (non-hydrogen) atoms. The summed E-state index contributed by atoms with van der Waals surface area (Å²) in [5.74, 6) is -0.815. The number of hydrogen-bond donors (Lipinski definition) is 1. The number of thiazole rings is 1. The maximum absolute atomic E-state index is 13.6. The summed E-state index contributed by atoms with van der Waals surface area (Å²) < 4.78 is 7.08. The van der Waals surface area contributed by atoms with Crippen LogP contribution in [0.4, 0.5) is 5.69 Å². The number of esters is 1. The van der Waals surface area contributed by atoms with Gasteiger partial charge in [0.1, 0.15) is 10.6 Å². The number of para-hydroxylation sites is 1. The molecule has 0 fully saturated rings. The highest BCUT2D eigenvalue weighted by Crippen LogP contribution is 2.34. The van der Waals surface area contributed by atoms with Gasteiger partial charge in [-0.25, -0.2) is 9.79 Å². The first-order valence-corrected chi connectivity index (χ1v) is 11.4. The molecule has 9 heteroatoms. The van der Waals surface area contributed by atoms with Crippen LogP contribution in [0, 0.1) is 0 Å². The number of amides is 1. The van der Waals surface area contributed by atoms with E-state index < -0.39 is 12.0 Å². The summed E-state index contributed by atoms with van der Waals surface area (Å²) in [4.78, 5) is 45.0. The Morgan fingerprint density at radius 1 is 1.23 bits per heavy atom. The summed E-state index contributed by atoms with van der Waals surface area (Å²) in [6.45, 7) is 3.70. The Balaban J connectivity index is 1.82. The fraction of sp³-hybridized carbons (Fsp3) is 0.182. The first-order chi connectivity index (χ1) is 15.0. The minimum atomic E-state index is -0.649. The Morgan fingerprint density at radius 2 is 2.03 bits per heavy atom. The standard InChI is InChI=1S/C22H17N3O4S2/c1-3-29-21(28)15-11(2)23-22-25(17(15)14-9-6-10-30-14)20(27)18(31-22)16-12-7-4-5-8-13(12)24-19(16)26/h4-10,17H,3H2,1-2H3,(H,24,26). The van der Waals surface area contributed by atoms with Crippen LogP contribution in [0.5, 0.6) is 0 Å². The lowest BCUT2D eigenvalue weighted by molar-refractivity contribution is -0.139. The number of anilines is 1. The molecule has 2 aliphatic rings. The average Bonchev–Trinajstić information content (AvgIpc) is 3.45. The van der Waals surface area contributed by atoms with Crippen LogP contribution < -0.4 is 20.2 Å². The third-order valence-corrected chi connectivity index (χ3v) is 7.18. The maximum Gasteiger partial charge on any atom is 0.338 e. The van der Waals surface area contributed by atoms with Crippen molar-refractivity contribution in [2.24, 2.45) is 4.99 Å². The van der Waals surface area contributed by atoms with E-state index in [0.717, 1.165) is 16.2 Å². The normalized spacial score (nSPS) is 18.9. The van der Waals surface area contributed by atoms with Gasteiger partial charge in [0.05, 0.1) is 23.5 Å². The second kappa shape index (κ2) is 7.44. The lowest BCUT2D eigenvalue weighted by Crippen LogP contribution is -2.40. The number of nitrogens with one attached hydrogen (secondary N) is 1. The molecule has 1 unspecified atom stereocenters. The highest BCUT2D eigenvalue weighted by Gasteiger charge is 2.35. The molecule has 0 saturated carbocycles. The van der Waals surface area contributed by atoms with Gasteiger partial charge in [0.15, 0.2) is 4.80 Å². The Kier molecular flexibility index (Phi) is 4.71. The van der Waals surface area contributed by atoms with Gasteiger partial charge in [0.25, 0.3) is 11.5 Å². The number of benzene rings is 1. The Hall–Kier alpha value is -3.30. The van der Waals surface area contributed by atoms with Crippen molar-refractivity contribution in [2.75, 3.05) is 11.9 Å². The number of ether oxygens (including phenoxy) is 1. The number of allylic oxidation sites excluding steroid dienone is 1. The van der Waals surface area contributed by atoms with Crippen molar-refractivity contribution in [3.8, 4) is 0 Å². The average molecular weight is 452 g/mol. The Bertz CT molecular complexity index is 1440. The van der Waals surface area contributed by atoms with Crippen LogP contribution >= 0.6 is 22.7 Å². The van der Waals surface area contributed by atoms with E-state index in [4.69, 9.17) is 4.74 Å². The van der Waals surface area contributed by atoms with Gasteiger partial charge in [-0.05, 0) is 31.4 Å². The highest BCUT2D eigenvalue weighted by molar-refractivity contribution is 7.10. The molecule has 0 spiro atoms. The SMILES string of the molecule is CCOC(=O)C1=C(C)N=c2sc(=C3C(=O)Nc4ccccc43)c(=O)n2C1c1cccs1. The van der Waals surface area contributed by atoms with Crippen molar-refractivity contribution in [3.05, 3.63) is 83.2 Å². The van der Waals surface area contributed by atoms with E-state index in [9.17, 15) is 14.4 Å². The van der Waals surface area contributed by atoms with Gasteiger partial charge >= 0.3 is 5.97 Å². The van der Waals surface area contributed by atoms with Crippen molar-refractivity contribution < 1.29 is 14.3 Å². The van der Waals surface area contributed by atoms with Crippen molar-refractivity contribution in [3.63, 3.8) is 0 Å². The number of hydrogen-bond acceptors (Lipinski definition) is 7. The lowest BCUT2D eigenvalue weighted by atomic mass is 10.0. The summed E-state index contributed by atoms with van der Waals surface area (Å²) >= 11 is 2.61. The zero-order chi connectivity index (χ0) is 21.7. The minimum Gasteiger partial charge on any atom is -0.463 e. The zero-order valence-corrected chi connectivity index (χ0v) is 18.3. The van der Waals surface area contributed by atoms with Crippen molar-refractivity contribution >= 4 is 45.8 Å². The largest absolute Gasteiger partial charge is 0.463 e. The fourth-order valence-corrected chi connectivity index (χ4v) is 5.87. The monoisotopic (exact) mass is 451 g/mol. The first kappa shape index (κ1) is 19.7. The highest BCUT2D eigenvalue weighted by atomic mass is 32.1. The predicted octanol–water partition coefficient (Wildman–Crippen LogP) is 2.18. The quantitative estimate of drug-likeness (QED) is 0.618. The molecule has 1 N–H and O–H groups in total. The first-order valence-electron chi connectivity index (χ1n) is 9.67. The number of thiophene rings is 1. The summed E-state index contributed by atoms with van der Waals surface area (Å²) in [5.41, 5.74) is 2.19. The van der Waals surface area contributed by atoms with Crippen LogP contribution in [-0.2, 0) is 14.3 Å². The smallest absolute Gasteiger partial charge is 0.338 e. The third-order valence-electron chi connectivity index (χ3n) is 5.20. The van der Waals surface area contributed by atoms with Crippen LogP contribution in [-0.4, -0.2) is 23.1 Å². The number of nitrogens with zero attached hydrogens (tertiary/aromatic N) is 2. The van der Waals surface area contributed by atoms with E-state index in [1.54, 1.807) is 19.9 Å². The molecule has 3 aromatic rings. The molecular weight excluding hydrogens is 434 g/mol. The third kappa shape index (κ3) is 3.00. The van der Waals surface area contributed by atoms with Crippen molar-refractivity contribution in [1.82, 2.24) is 4.57 Å². The Morgan fingerprint density at radius 3 is 2.77 bits per heavy atom. The molecule has 2 aliphatic heterocycles. The second-order valence-electron chi connectivity index (χ2n) is 7.01. The van der Waals surface area contributed by atoms with Gasteiger partial charge in [0.2, 0.25) is 0 Å². The minimum absolute atomic E-state index is 0.221. The molecule has 1 aromatic carbocycles. The van der Waals surface area contributed by atoms with E-state index in [0.29, 0.717) is 37.4 Å². The van der Waals surface area contributed by atoms with E-state index in [1.165, 1.54) is 15.9 Å². The molecule has 156 valence electrons. The van der Waals surface area contributed by atoms with Gasteiger partial charge in [-0.1, -0.05) is 35.6 Å². The number of carbonyl (C=O) groups excluding carboxylic acids is 2. The molecule has 4 heterocycles. The van der Waals surface area contributed by atoms with Crippen LogP contribution in [0.2, 0.25) is 0 Å². The zero-order valence-electron chi connectivity index (χ0n) is 16.7. The molecule has 2 aromatic heterocycles. The number of carbonyl (C=O) groups is 2. The van der Waals surface area contributed by atoms with Crippen LogP contribution in [0.25, 0.3) is 5.57 Å². The van der Waals surface area contributed by atoms with Crippen LogP contribution in [0.3, 0.4) is 0 Å². The van der Waals surface area contributed by atoms with E-state index in [2.05, 4.69) is 10.3 Å². The van der Waals surface area contributed by atoms with Crippen LogP contribution in [0.15, 0.2) is 62.8 Å². The van der Waals surface area contributed by atoms with Gasteiger partial charge in [0, 0.05) is 16.1 Å². The molecule has 5 rings (SSSR count). The number of aromatic nitrogens is 1. The molecule has 0 aliphatic carbocycles. The molecule has 0 saturated heterocycles.